The van der Waals surface area contributed by atoms with Crippen LogP contribution in [0.2, 0.25) is 0 Å². The minimum absolute atomic E-state index is 0.472. The molecular weight excluding hydrogens is 358 g/mol. The maximum absolute atomic E-state index is 4.51. The zero-order valence-electron chi connectivity index (χ0n) is 16.4. The summed E-state index contributed by atoms with van der Waals surface area (Å²) in [6, 6.07) is 20.9. The monoisotopic (exact) mass is 383 g/mol. The molecule has 0 spiro atoms. The summed E-state index contributed by atoms with van der Waals surface area (Å²) in [6.07, 6.45) is 8.30. The maximum atomic E-state index is 4.51. The van der Waals surface area contributed by atoms with Gasteiger partial charge >= 0.3 is 0 Å². The zero-order valence-corrected chi connectivity index (χ0v) is 16.4. The van der Waals surface area contributed by atoms with E-state index in [1.54, 1.807) is 0 Å². The van der Waals surface area contributed by atoms with E-state index in [-0.39, 0.29) is 0 Å². The van der Waals surface area contributed by atoms with Crippen molar-refractivity contribution >= 4 is 0 Å². The normalized spacial score (nSPS) is 17.4. The van der Waals surface area contributed by atoms with Crippen molar-refractivity contribution in [1.29, 1.82) is 0 Å². The Morgan fingerprint density at radius 1 is 1.00 bits per heavy atom. The lowest BCUT2D eigenvalue weighted by molar-refractivity contribution is 0.195. The van der Waals surface area contributed by atoms with Gasteiger partial charge in [0.05, 0.1) is 6.20 Å². The fourth-order valence-electron chi connectivity index (χ4n) is 4.38. The average Bonchev–Trinajstić information content (AvgIpc) is 3.45. The number of piperidine rings is 1. The van der Waals surface area contributed by atoms with Gasteiger partial charge in [0.25, 0.3) is 0 Å². The van der Waals surface area contributed by atoms with Crippen LogP contribution in [0.4, 0.5) is 0 Å². The number of H-pyrrole nitrogens is 1. The third-order valence-corrected chi connectivity index (χ3v) is 5.78. The van der Waals surface area contributed by atoms with Crippen LogP contribution in [0.3, 0.4) is 0 Å². The van der Waals surface area contributed by atoms with Gasteiger partial charge in [-0.25, -0.2) is 4.98 Å². The van der Waals surface area contributed by atoms with E-state index in [2.05, 4.69) is 79.4 Å². The van der Waals surface area contributed by atoms with Gasteiger partial charge in [0, 0.05) is 48.4 Å². The Hall–Kier alpha value is -3.18. The quantitative estimate of drug-likeness (QED) is 0.546. The number of rotatable bonds is 5. The van der Waals surface area contributed by atoms with E-state index in [9.17, 15) is 0 Å². The van der Waals surface area contributed by atoms with Crippen LogP contribution < -0.4 is 0 Å². The smallest absolute Gasteiger partial charge is 0.136 e. The van der Waals surface area contributed by atoms with Crippen molar-refractivity contribution in [3.05, 3.63) is 90.6 Å². The summed E-state index contributed by atoms with van der Waals surface area (Å²) in [5, 5.41) is 7.67. The molecule has 4 aromatic rings. The Labute approximate surface area is 171 Å². The molecule has 4 heterocycles. The van der Waals surface area contributed by atoms with E-state index in [0.29, 0.717) is 5.92 Å². The molecule has 1 saturated heterocycles. The Morgan fingerprint density at radius 3 is 2.76 bits per heavy atom. The predicted molar refractivity (Wildman–Crippen MR) is 115 cm³/mol. The lowest BCUT2D eigenvalue weighted by Gasteiger charge is -2.32. The molecule has 29 heavy (non-hydrogen) atoms. The number of nitrogens with one attached hydrogen (secondary N) is 1. The molecule has 1 unspecified atom stereocenters. The second kappa shape index (κ2) is 8.05. The molecule has 1 aliphatic rings. The zero-order chi connectivity index (χ0) is 19.5. The number of pyridine rings is 1. The number of aromatic amines is 1. The standard InChI is InChI=1S/C24H25N5/c1-2-8-19(9-3-1)22-16-26-27-24(22)20-10-6-14-28(17-20)18-21-11-7-15-29(21)23-12-4-5-13-25-23/h1-5,7-9,11-13,15-16,20H,6,10,14,17-18H2,(H,26,27). The van der Waals surface area contributed by atoms with Crippen molar-refractivity contribution in [1.82, 2.24) is 24.6 Å². The van der Waals surface area contributed by atoms with Gasteiger partial charge in [0.1, 0.15) is 5.82 Å². The molecule has 1 fully saturated rings. The topological polar surface area (TPSA) is 49.7 Å². The minimum atomic E-state index is 0.472. The van der Waals surface area contributed by atoms with Crippen LogP contribution in [0.1, 0.15) is 30.1 Å². The highest BCUT2D eigenvalue weighted by atomic mass is 15.2. The van der Waals surface area contributed by atoms with Gasteiger partial charge in [-0.05, 0) is 49.2 Å². The van der Waals surface area contributed by atoms with Crippen molar-refractivity contribution < 1.29 is 0 Å². The van der Waals surface area contributed by atoms with E-state index in [4.69, 9.17) is 0 Å². The molecule has 1 aromatic carbocycles. The molecule has 3 aromatic heterocycles. The van der Waals surface area contributed by atoms with Crippen LogP contribution in [0, 0.1) is 0 Å². The second-order valence-electron chi connectivity index (χ2n) is 7.70. The fourth-order valence-corrected chi connectivity index (χ4v) is 4.38. The van der Waals surface area contributed by atoms with Crippen molar-refractivity contribution in [3.8, 4) is 16.9 Å². The Balaban J connectivity index is 1.35. The second-order valence-corrected chi connectivity index (χ2v) is 7.70. The summed E-state index contributed by atoms with van der Waals surface area (Å²) in [6.45, 7) is 3.09. The number of likely N-dealkylation sites (tertiary alicyclic amines) is 1. The lowest BCUT2D eigenvalue weighted by atomic mass is 9.90. The largest absolute Gasteiger partial charge is 0.304 e. The maximum Gasteiger partial charge on any atom is 0.136 e. The molecule has 5 heteroatoms. The van der Waals surface area contributed by atoms with Crippen molar-refractivity contribution in [3.63, 3.8) is 0 Å². The first-order valence-corrected chi connectivity index (χ1v) is 10.3. The fraction of sp³-hybridized carbons (Fsp3) is 0.250. The van der Waals surface area contributed by atoms with Gasteiger partial charge in [-0.3, -0.25) is 10.00 Å². The molecule has 1 atom stereocenters. The Bertz CT molecular complexity index is 1050. The summed E-state index contributed by atoms with van der Waals surface area (Å²) in [7, 11) is 0. The molecule has 0 saturated carbocycles. The number of hydrogen-bond donors (Lipinski definition) is 1. The van der Waals surface area contributed by atoms with E-state index in [0.717, 1.165) is 25.5 Å². The Morgan fingerprint density at radius 2 is 1.90 bits per heavy atom. The summed E-state index contributed by atoms with van der Waals surface area (Å²) >= 11 is 0. The van der Waals surface area contributed by atoms with Gasteiger partial charge in [-0.2, -0.15) is 5.10 Å². The summed E-state index contributed by atoms with van der Waals surface area (Å²) in [5.41, 5.74) is 5.00. The number of nitrogens with zero attached hydrogens (tertiary/aromatic N) is 4. The van der Waals surface area contributed by atoms with E-state index >= 15 is 0 Å². The first-order chi connectivity index (χ1) is 14.4. The first kappa shape index (κ1) is 17.9. The van der Waals surface area contributed by atoms with Crippen molar-refractivity contribution in [2.24, 2.45) is 0 Å². The van der Waals surface area contributed by atoms with Gasteiger partial charge in [0.15, 0.2) is 0 Å². The summed E-state index contributed by atoms with van der Waals surface area (Å²) in [5.74, 6) is 1.45. The number of hydrogen-bond acceptors (Lipinski definition) is 3. The third kappa shape index (κ3) is 3.74. The average molecular weight is 383 g/mol. The van der Waals surface area contributed by atoms with Crippen LogP contribution >= 0.6 is 0 Å². The highest BCUT2D eigenvalue weighted by Crippen LogP contribution is 2.33. The van der Waals surface area contributed by atoms with Gasteiger partial charge in [-0.1, -0.05) is 36.4 Å². The highest BCUT2D eigenvalue weighted by Gasteiger charge is 2.25. The molecule has 0 aliphatic carbocycles. The highest BCUT2D eigenvalue weighted by molar-refractivity contribution is 5.65. The summed E-state index contributed by atoms with van der Waals surface area (Å²) < 4.78 is 2.19. The first-order valence-electron chi connectivity index (χ1n) is 10.3. The molecular formula is C24H25N5. The lowest BCUT2D eigenvalue weighted by Crippen LogP contribution is -2.34. The van der Waals surface area contributed by atoms with E-state index in [1.165, 1.54) is 35.4 Å². The predicted octanol–water partition coefficient (Wildman–Crippen LogP) is 4.64. The molecule has 146 valence electrons. The van der Waals surface area contributed by atoms with Gasteiger partial charge in [-0.15, -0.1) is 0 Å². The molecule has 0 bridgehead atoms. The van der Waals surface area contributed by atoms with Crippen LogP contribution in [0.25, 0.3) is 16.9 Å². The van der Waals surface area contributed by atoms with Gasteiger partial charge < -0.3 is 4.57 Å². The molecule has 5 rings (SSSR count). The number of benzene rings is 1. The molecule has 0 radical (unpaired) electrons. The van der Waals surface area contributed by atoms with Crippen molar-refractivity contribution in [2.75, 3.05) is 13.1 Å². The van der Waals surface area contributed by atoms with Crippen LogP contribution in [0.5, 0.6) is 0 Å². The molecule has 1 aliphatic heterocycles. The van der Waals surface area contributed by atoms with E-state index in [1.807, 2.05) is 24.5 Å². The van der Waals surface area contributed by atoms with Gasteiger partial charge in [0.2, 0.25) is 0 Å². The van der Waals surface area contributed by atoms with Crippen molar-refractivity contribution in [2.45, 2.75) is 25.3 Å². The Kier molecular flexibility index (Phi) is 4.97. The third-order valence-electron chi connectivity index (χ3n) is 5.78. The molecule has 5 nitrogen and oxygen atoms in total. The molecule has 1 N–H and O–H groups in total. The molecule has 0 amide bonds. The number of aromatic nitrogens is 4. The van der Waals surface area contributed by atoms with Crippen LogP contribution in [0.15, 0.2) is 79.3 Å². The van der Waals surface area contributed by atoms with E-state index < -0.39 is 0 Å². The SMILES string of the molecule is c1ccc(-c2cn[nH]c2C2CCCN(Cc3cccn3-c3ccccn3)C2)cc1. The van der Waals surface area contributed by atoms with Crippen LogP contribution in [-0.2, 0) is 6.54 Å². The summed E-state index contributed by atoms with van der Waals surface area (Å²) in [4.78, 5) is 7.06. The minimum Gasteiger partial charge on any atom is -0.304 e. The van der Waals surface area contributed by atoms with Crippen LogP contribution in [-0.4, -0.2) is 37.7 Å².